The standard InChI is InChI=1S/C8H13IO/c9-6-7-2-5-8(10-7)3-1-4-8/h7H,1-6H2. The first kappa shape index (κ1) is 7.35. The van der Waals surface area contributed by atoms with Crippen LogP contribution >= 0.6 is 22.6 Å². The summed E-state index contributed by atoms with van der Waals surface area (Å²) >= 11 is 2.42. The van der Waals surface area contributed by atoms with Gasteiger partial charge in [-0.05, 0) is 32.1 Å². The molecule has 1 heterocycles. The topological polar surface area (TPSA) is 9.23 Å². The molecule has 0 N–H and O–H groups in total. The third-order valence-electron chi connectivity index (χ3n) is 2.78. The number of ether oxygens (including phenoxy) is 1. The first-order valence-electron chi connectivity index (χ1n) is 4.08. The first-order valence-corrected chi connectivity index (χ1v) is 5.61. The fourth-order valence-corrected chi connectivity index (χ4v) is 2.56. The summed E-state index contributed by atoms with van der Waals surface area (Å²) in [5, 5.41) is 0. The van der Waals surface area contributed by atoms with Crippen molar-refractivity contribution in [1.82, 2.24) is 0 Å². The van der Waals surface area contributed by atoms with Gasteiger partial charge in [-0.1, -0.05) is 22.6 Å². The monoisotopic (exact) mass is 252 g/mol. The van der Waals surface area contributed by atoms with E-state index in [1.54, 1.807) is 0 Å². The molecule has 1 aliphatic heterocycles. The Labute approximate surface area is 75.7 Å². The Bertz CT molecular complexity index is 131. The van der Waals surface area contributed by atoms with Crippen molar-refractivity contribution in [3.05, 3.63) is 0 Å². The number of hydrogen-bond donors (Lipinski definition) is 0. The van der Waals surface area contributed by atoms with Gasteiger partial charge in [0.2, 0.25) is 0 Å². The van der Waals surface area contributed by atoms with Crippen molar-refractivity contribution in [2.75, 3.05) is 4.43 Å². The molecule has 2 fully saturated rings. The summed E-state index contributed by atoms with van der Waals surface area (Å²) in [5.74, 6) is 0. The van der Waals surface area contributed by atoms with Gasteiger partial charge in [-0.3, -0.25) is 0 Å². The molecule has 0 bridgehead atoms. The van der Waals surface area contributed by atoms with Crippen molar-refractivity contribution >= 4 is 22.6 Å². The van der Waals surface area contributed by atoms with Gasteiger partial charge >= 0.3 is 0 Å². The highest BCUT2D eigenvalue weighted by Gasteiger charge is 2.44. The van der Waals surface area contributed by atoms with E-state index in [-0.39, 0.29) is 0 Å². The maximum atomic E-state index is 5.93. The summed E-state index contributed by atoms with van der Waals surface area (Å²) in [6.07, 6.45) is 7.29. The van der Waals surface area contributed by atoms with Gasteiger partial charge in [-0.2, -0.15) is 0 Å². The van der Waals surface area contributed by atoms with E-state index in [4.69, 9.17) is 4.74 Å². The second-order valence-corrected chi connectivity index (χ2v) is 4.35. The van der Waals surface area contributed by atoms with Crippen LogP contribution in [0.1, 0.15) is 32.1 Å². The normalized spacial score (nSPS) is 36.3. The van der Waals surface area contributed by atoms with Crippen molar-refractivity contribution in [2.45, 2.75) is 43.8 Å². The minimum Gasteiger partial charge on any atom is -0.371 e. The highest BCUT2D eigenvalue weighted by atomic mass is 127. The molecule has 0 aromatic rings. The SMILES string of the molecule is ICC1CCC2(CCC2)O1. The summed E-state index contributed by atoms with van der Waals surface area (Å²) in [6, 6.07) is 0. The molecule has 0 amide bonds. The summed E-state index contributed by atoms with van der Waals surface area (Å²) in [4.78, 5) is 0. The molecule has 0 radical (unpaired) electrons. The van der Waals surface area contributed by atoms with Crippen molar-refractivity contribution < 1.29 is 4.74 Å². The predicted octanol–water partition coefficient (Wildman–Crippen LogP) is 2.52. The first-order chi connectivity index (χ1) is 4.85. The van der Waals surface area contributed by atoms with Crippen molar-refractivity contribution in [3.63, 3.8) is 0 Å². The molecule has 1 atom stereocenters. The highest BCUT2D eigenvalue weighted by Crippen LogP contribution is 2.45. The van der Waals surface area contributed by atoms with E-state index in [2.05, 4.69) is 22.6 Å². The van der Waals surface area contributed by atoms with Crippen molar-refractivity contribution in [3.8, 4) is 0 Å². The average molecular weight is 252 g/mol. The molecule has 1 spiro atoms. The second-order valence-electron chi connectivity index (χ2n) is 3.47. The zero-order valence-electron chi connectivity index (χ0n) is 6.11. The van der Waals surface area contributed by atoms with E-state index in [0.717, 1.165) is 0 Å². The van der Waals surface area contributed by atoms with Gasteiger partial charge in [-0.25, -0.2) is 0 Å². The smallest absolute Gasteiger partial charge is 0.0687 e. The molecule has 0 aromatic heterocycles. The van der Waals surface area contributed by atoms with Gasteiger partial charge in [0.15, 0.2) is 0 Å². The summed E-state index contributed by atoms with van der Waals surface area (Å²) < 4.78 is 7.11. The second kappa shape index (κ2) is 2.63. The van der Waals surface area contributed by atoms with Gasteiger partial charge in [-0.15, -0.1) is 0 Å². The maximum Gasteiger partial charge on any atom is 0.0687 e. The van der Waals surface area contributed by atoms with E-state index < -0.39 is 0 Å². The summed E-state index contributed by atoms with van der Waals surface area (Å²) in [7, 11) is 0. The Morgan fingerprint density at radius 2 is 2.20 bits per heavy atom. The lowest BCUT2D eigenvalue weighted by Gasteiger charge is -2.37. The van der Waals surface area contributed by atoms with E-state index in [1.165, 1.54) is 36.5 Å². The van der Waals surface area contributed by atoms with Crippen molar-refractivity contribution in [2.24, 2.45) is 0 Å². The van der Waals surface area contributed by atoms with Crippen LogP contribution < -0.4 is 0 Å². The fraction of sp³-hybridized carbons (Fsp3) is 1.00. The number of rotatable bonds is 1. The number of halogens is 1. The Hall–Kier alpha value is 0.690. The van der Waals surface area contributed by atoms with Crippen LogP contribution in [0, 0.1) is 0 Å². The van der Waals surface area contributed by atoms with Crippen LogP contribution in [0.2, 0.25) is 0 Å². The van der Waals surface area contributed by atoms with E-state index >= 15 is 0 Å². The van der Waals surface area contributed by atoms with Crippen LogP contribution in [-0.4, -0.2) is 16.1 Å². The summed E-state index contributed by atoms with van der Waals surface area (Å²) in [5.41, 5.74) is 0.385. The van der Waals surface area contributed by atoms with E-state index in [0.29, 0.717) is 11.7 Å². The van der Waals surface area contributed by atoms with Crippen LogP contribution in [0.4, 0.5) is 0 Å². The molecule has 2 aliphatic rings. The Morgan fingerprint density at radius 3 is 2.50 bits per heavy atom. The zero-order valence-corrected chi connectivity index (χ0v) is 8.26. The third kappa shape index (κ3) is 1.09. The lowest BCUT2D eigenvalue weighted by Crippen LogP contribution is -2.36. The van der Waals surface area contributed by atoms with Crippen LogP contribution in [-0.2, 0) is 4.74 Å². The van der Waals surface area contributed by atoms with E-state index in [1.807, 2.05) is 0 Å². The fourth-order valence-electron chi connectivity index (χ4n) is 1.94. The molecule has 1 unspecified atom stereocenters. The minimum absolute atomic E-state index is 0.385. The largest absolute Gasteiger partial charge is 0.371 e. The quantitative estimate of drug-likeness (QED) is 0.514. The molecule has 58 valence electrons. The molecule has 1 nitrogen and oxygen atoms in total. The van der Waals surface area contributed by atoms with Crippen molar-refractivity contribution in [1.29, 1.82) is 0 Å². The molecule has 1 aliphatic carbocycles. The van der Waals surface area contributed by atoms with Crippen LogP contribution in [0.5, 0.6) is 0 Å². The molecule has 1 saturated carbocycles. The van der Waals surface area contributed by atoms with Crippen LogP contribution in [0.15, 0.2) is 0 Å². The van der Waals surface area contributed by atoms with Gasteiger partial charge < -0.3 is 4.74 Å². The highest BCUT2D eigenvalue weighted by molar-refractivity contribution is 14.1. The molecule has 2 heteroatoms. The molecule has 0 aromatic carbocycles. The van der Waals surface area contributed by atoms with Crippen LogP contribution in [0.25, 0.3) is 0 Å². The lowest BCUT2D eigenvalue weighted by atomic mass is 9.78. The molecule has 2 rings (SSSR count). The number of hydrogen-bond acceptors (Lipinski definition) is 1. The zero-order chi connectivity index (χ0) is 7.03. The molecule has 1 saturated heterocycles. The Kier molecular flexibility index (Phi) is 1.93. The molecular weight excluding hydrogens is 239 g/mol. The summed E-state index contributed by atoms with van der Waals surface area (Å²) in [6.45, 7) is 0. The minimum atomic E-state index is 0.385. The van der Waals surface area contributed by atoms with E-state index in [9.17, 15) is 0 Å². The lowest BCUT2D eigenvalue weighted by molar-refractivity contribution is -0.0831. The number of alkyl halides is 1. The third-order valence-corrected chi connectivity index (χ3v) is 3.76. The van der Waals surface area contributed by atoms with Gasteiger partial charge in [0.05, 0.1) is 11.7 Å². The maximum absolute atomic E-state index is 5.93. The van der Waals surface area contributed by atoms with Gasteiger partial charge in [0.25, 0.3) is 0 Å². The Morgan fingerprint density at radius 1 is 1.40 bits per heavy atom. The Balaban J connectivity index is 1.92. The average Bonchev–Trinajstić information content (AvgIpc) is 2.29. The van der Waals surface area contributed by atoms with Crippen LogP contribution in [0.3, 0.4) is 0 Å². The van der Waals surface area contributed by atoms with Gasteiger partial charge in [0.1, 0.15) is 0 Å². The molecule has 10 heavy (non-hydrogen) atoms. The van der Waals surface area contributed by atoms with Gasteiger partial charge in [0, 0.05) is 4.43 Å². The molecular formula is C8H13IO. The predicted molar refractivity (Wildman–Crippen MR) is 49.6 cm³/mol.